The Labute approximate surface area is 191 Å². The van der Waals surface area contributed by atoms with E-state index in [1.54, 1.807) is 6.26 Å². The van der Waals surface area contributed by atoms with Gasteiger partial charge in [-0.3, -0.25) is 14.5 Å². The van der Waals surface area contributed by atoms with E-state index in [4.69, 9.17) is 4.42 Å². The molecule has 2 aromatic rings. The van der Waals surface area contributed by atoms with Gasteiger partial charge in [0.25, 0.3) is 0 Å². The third kappa shape index (κ3) is 6.22. The maximum absolute atomic E-state index is 13.2. The Kier molecular flexibility index (Phi) is 7.99. The summed E-state index contributed by atoms with van der Waals surface area (Å²) in [6.45, 7) is 4.84. The molecule has 0 N–H and O–H groups in total. The van der Waals surface area contributed by atoms with E-state index in [1.165, 1.54) is 12.8 Å². The lowest BCUT2D eigenvalue weighted by Gasteiger charge is -2.34. The van der Waals surface area contributed by atoms with Crippen molar-refractivity contribution in [3.63, 3.8) is 0 Å². The average molecular weight is 438 g/mol. The molecular formula is C26H35N3O3. The molecule has 172 valence electrons. The van der Waals surface area contributed by atoms with E-state index in [0.717, 1.165) is 63.2 Å². The monoisotopic (exact) mass is 437 g/mol. The van der Waals surface area contributed by atoms with Gasteiger partial charge in [-0.05, 0) is 56.5 Å². The lowest BCUT2D eigenvalue weighted by atomic mass is 9.95. The van der Waals surface area contributed by atoms with Crippen LogP contribution in [0, 0.1) is 5.92 Å². The van der Waals surface area contributed by atoms with E-state index in [-0.39, 0.29) is 11.8 Å². The molecule has 0 unspecified atom stereocenters. The van der Waals surface area contributed by atoms with E-state index >= 15 is 0 Å². The number of hydrogen-bond donors (Lipinski definition) is 0. The summed E-state index contributed by atoms with van der Waals surface area (Å²) in [5.74, 6) is 1.34. The highest BCUT2D eigenvalue weighted by molar-refractivity contribution is 5.79. The number of rotatable bonds is 7. The maximum Gasteiger partial charge on any atom is 0.237 e. The Morgan fingerprint density at radius 1 is 0.875 bits per heavy atom. The zero-order valence-corrected chi connectivity index (χ0v) is 19.0. The Balaban J connectivity index is 1.31. The first-order valence-corrected chi connectivity index (χ1v) is 12.0. The largest absolute Gasteiger partial charge is 0.467 e. The van der Waals surface area contributed by atoms with Gasteiger partial charge in [-0.2, -0.15) is 0 Å². The van der Waals surface area contributed by atoms with Crippen molar-refractivity contribution in [3.05, 3.63) is 60.1 Å². The van der Waals surface area contributed by atoms with E-state index in [2.05, 4.69) is 9.80 Å². The molecule has 0 radical (unpaired) electrons. The molecule has 2 fully saturated rings. The topological polar surface area (TPSA) is 57.0 Å². The summed E-state index contributed by atoms with van der Waals surface area (Å²) in [4.78, 5) is 32.3. The molecule has 4 rings (SSSR count). The van der Waals surface area contributed by atoms with Gasteiger partial charge in [-0.1, -0.05) is 43.2 Å². The number of benzene rings is 1. The van der Waals surface area contributed by atoms with Gasteiger partial charge in [0.1, 0.15) is 5.76 Å². The van der Waals surface area contributed by atoms with Gasteiger partial charge in [0.2, 0.25) is 11.8 Å². The average Bonchev–Trinajstić information content (AvgIpc) is 3.18. The van der Waals surface area contributed by atoms with Gasteiger partial charge in [0, 0.05) is 25.6 Å². The summed E-state index contributed by atoms with van der Waals surface area (Å²) < 4.78 is 5.50. The van der Waals surface area contributed by atoms with Gasteiger partial charge in [-0.15, -0.1) is 0 Å². The molecule has 2 saturated heterocycles. The minimum atomic E-state index is 0.0996. The summed E-state index contributed by atoms with van der Waals surface area (Å²) >= 11 is 0. The quantitative estimate of drug-likeness (QED) is 0.659. The van der Waals surface area contributed by atoms with Crippen molar-refractivity contribution >= 4 is 11.8 Å². The molecule has 3 heterocycles. The second-order valence-corrected chi connectivity index (χ2v) is 9.10. The van der Waals surface area contributed by atoms with Gasteiger partial charge in [0.05, 0.1) is 19.4 Å². The first-order chi connectivity index (χ1) is 15.7. The zero-order valence-electron chi connectivity index (χ0n) is 19.0. The molecule has 32 heavy (non-hydrogen) atoms. The van der Waals surface area contributed by atoms with E-state index in [0.29, 0.717) is 25.5 Å². The van der Waals surface area contributed by atoms with Gasteiger partial charge < -0.3 is 14.2 Å². The highest BCUT2D eigenvalue weighted by Crippen LogP contribution is 2.22. The van der Waals surface area contributed by atoms with E-state index in [9.17, 15) is 9.59 Å². The molecule has 2 aliphatic rings. The fourth-order valence-corrected chi connectivity index (χ4v) is 4.81. The van der Waals surface area contributed by atoms with Crippen molar-refractivity contribution in [2.24, 2.45) is 5.92 Å². The molecule has 0 aliphatic carbocycles. The van der Waals surface area contributed by atoms with Crippen molar-refractivity contribution in [1.29, 1.82) is 0 Å². The van der Waals surface area contributed by atoms with Crippen LogP contribution in [0.5, 0.6) is 0 Å². The second kappa shape index (κ2) is 11.3. The maximum atomic E-state index is 13.2. The molecule has 6 nitrogen and oxygen atoms in total. The first kappa shape index (κ1) is 22.6. The van der Waals surface area contributed by atoms with Crippen molar-refractivity contribution < 1.29 is 14.0 Å². The summed E-state index contributed by atoms with van der Waals surface area (Å²) in [5.41, 5.74) is 1.11. The number of amides is 2. The Hall–Kier alpha value is -2.60. The smallest absolute Gasteiger partial charge is 0.237 e. The van der Waals surface area contributed by atoms with Gasteiger partial charge >= 0.3 is 0 Å². The Bertz CT molecular complexity index is 836. The Morgan fingerprint density at radius 3 is 2.25 bits per heavy atom. The van der Waals surface area contributed by atoms with Gasteiger partial charge in [0.15, 0.2) is 0 Å². The van der Waals surface area contributed by atoms with Crippen LogP contribution in [0.25, 0.3) is 0 Å². The van der Waals surface area contributed by atoms with Crippen LogP contribution in [0.3, 0.4) is 0 Å². The molecule has 6 heteroatoms. The van der Waals surface area contributed by atoms with Crippen molar-refractivity contribution in [1.82, 2.24) is 14.7 Å². The standard InChI is InChI=1S/C26H35N3O3/c30-25(29(20-24-11-8-18-32-24)19-22-9-4-3-5-10-22)21-27-16-12-23(13-17-27)26(31)28-14-6-1-2-7-15-28/h3-5,8-11,18,23H,1-2,6-7,12-17,19-21H2. The van der Waals surface area contributed by atoms with Crippen LogP contribution < -0.4 is 0 Å². The third-order valence-electron chi connectivity index (χ3n) is 6.71. The summed E-state index contributed by atoms with van der Waals surface area (Å²) in [6.07, 6.45) is 8.08. The van der Waals surface area contributed by atoms with Crippen LogP contribution in [0.2, 0.25) is 0 Å². The number of furan rings is 1. The number of hydrogen-bond acceptors (Lipinski definition) is 4. The molecule has 0 atom stereocenters. The van der Waals surface area contributed by atoms with Crippen LogP contribution in [0.1, 0.15) is 49.8 Å². The van der Waals surface area contributed by atoms with Crippen LogP contribution >= 0.6 is 0 Å². The molecule has 1 aromatic heterocycles. The molecule has 0 saturated carbocycles. The normalized spacial score (nSPS) is 18.3. The van der Waals surface area contributed by atoms with Crippen LogP contribution in [0.15, 0.2) is 53.1 Å². The second-order valence-electron chi connectivity index (χ2n) is 9.10. The molecule has 2 amide bonds. The molecule has 0 bridgehead atoms. The van der Waals surface area contributed by atoms with Crippen molar-refractivity contribution in [2.75, 3.05) is 32.7 Å². The van der Waals surface area contributed by atoms with E-state index < -0.39 is 0 Å². The van der Waals surface area contributed by atoms with Crippen molar-refractivity contribution in [3.8, 4) is 0 Å². The molecular weight excluding hydrogens is 402 g/mol. The fraction of sp³-hybridized carbons (Fsp3) is 0.538. The summed E-state index contributed by atoms with van der Waals surface area (Å²) in [5, 5.41) is 0. The number of carbonyl (C=O) groups is 2. The minimum absolute atomic E-state index is 0.0996. The summed E-state index contributed by atoms with van der Waals surface area (Å²) in [7, 11) is 0. The SMILES string of the molecule is O=C(CN1CCC(C(=O)N2CCCCCC2)CC1)N(Cc1ccccc1)Cc1ccco1. The molecule has 0 spiro atoms. The highest BCUT2D eigenvalue weighted by Gasteiger charge is 2.30. The minimum Gasteiger partial charge on any atom is -0.467 e. The van der Waals surface area contributed by atoms with E-state index in [1.807, 2.05) is 47.4 Å². The predicted molar refractivity (Wildman–Crippen MR) is 124 cm³/mol. The van der Waals surface area contributed by atoms with Crippen LogP contribution in [-0.4, -0.2) is 59.2 Å². The fourth-order valence-electron chi connectivity index (χ4n) is 4.81. The number of nitrogens with zero attached hydrogens (tertiary/aromatic N) is 3. The van der Waals surface area contributed by atoms with Gasteiger partial charge in [-0.25, -0.2) is 0 Å². The first-order valence-electron chi connectivity index (χ1n) is 12.0. The summed E-state index contributed by atoms with van der Waals surface area (Å²) in [6, 6.07) is 13.8. The zero-order chi connectivity index (χ0) is 22.2. The van der Waals surface area contributed by atoms with Crippen LogP contribution in [0.4, 0.5) is 0 Å². The van der Waals surface area contributed by atoms with Crippen molar-refractivity contribution in [2.45, 2.75) is 51.6 Å². The van der Waals surface area contributed by atoms with Crippen LogP contribution in [-0.2, 0) is 22.7 Å². The Morgan fingerprint density at radius 2 is 1.59 bits per heavy atom. The number of carbonyl (C=O) groups excluding carboxylic acids is 2. The highest BCUT2D eigenvalue weighted by atomic mass is 16.3. The predicted octanol–water partition coefficient (Wildman–Crippen LogP) is 3.92. The molecule has 1 aromatic carbocycles. The molecule has 2 aliphatic heterocycles. The lowest BCUT2D eigenvalue weighted by Crippen LogP contribution is -2.46. The number of likely N-dealkylation sites (tertiary alicyclic amines) is 2. The lowest BCUT2D eigenvalue weighted by molar-refractivity contribution is -0.137. The third-order valence-corrected chi connectivity index (χ3v) is 6.71. The number of piperidine rings is 1.